The van der Waals surface area contributed by atoms with Crippen LogP contribution in [0.4, 0.5) is 0 Å². The SMILES string of the molecule is COc1cccc(C(=O)N(C)C[C@H]2Cc3ccccc3CO2)c1. The lowest BCUT2D eigenvalue weighted by atomic mass is 9.99. The Hall–Kier alpha value is -2.33. The molecule has 0 aliphatic carbocycles. The van der Waals surface area contributed by atoms with Crippen molar-refractivity contribution < 1.29 is 14.3 Å². The molecule has 2 aromatic carbocycles. The largest absolute Gasteiger partial charge is 0.497 e. The van der Waals surface area contributed by atoms with E-state index in [1.807, 2.05) is 31.3 Å². The van der Waals surface area contributed by atoms with Crippen LogP contribution in [0.5, 0.6) is 5.75 Å². The van der Waals surface area contributed by atoms with Crippen LogP contribution in [0.2, 0.25) is 0 Å². The first-order valence-corrected chi connectivity index (χ1v) is 7.75. The Labute approximate surface area is 136 Å². The number of ether oxygens (including phenoxy) is 2. The zero-order chi connectivity index (χ0) is 16.2. The highest BCUT2D eigenvalue weighted by Gasteiger charge is 2.22. The van der Waals surface area contributed by atoms with E-state index in [1.165, 1.54) is 11.1 Å². The molecule has 1 heterocycles. The van der Waals surface area contributed by atoms with Crippen molar-refractivity contribution in [3.05, 3.63) is 65.2 Å². The average Bonchev–Trinajstić information content (AvgIpc) is 2.61. The Balaban J connectivity index is 1.65. The molecule has 2 aromatic rings. The van der Waals surface area contributed by atoms with Gasteiger partial charge in [0.1, 0.15) is 5.75 Å². The maximum atomic E-state index is 12.5. The summed E-state index contributed by atoms with van der Waals surface area (Å²) in [6.07, 6.45) is 0.871. The van der Waals surface area contributed by atoms with Crippen LogP contribution in [-0.4, -0.2) is 37.6 Å². The molecule has 0 saturated heterocycles. The van der Waals surface area contributed by atoms with Gasteiger partial charge in [-0.2, -0.15) is 0 Å². The summed E-state index contributed by atoms with van der Waals surface area (Å²) >= 11 is 0. The van der Waals surface area contributed by atoms with Crippen LogP contribution < -0.4 is 4.74 Å². The number of methoxy groups -OCH3 is 1. The Bertz CT molecular complexity index is 699. The molecule has 0 radical (unpaired) electrons. The summed E-state index contributed by atoms with van der Waals surface area (Å²) in [7, 11) is 3.41. The number of carbonyl (C=O) groups is 1. The third-order valence-corrected chi connectivity index (χ3v) is 4.18. The van der Waals surface area contributed by atoms with Gasteiger partial charge in [0.05, 0.1) is 19.8 Å². The number of amides is 1. The second kappa shape index (κ2) is 6.84. The molecule has 120 valence electrons. The first kappa shape index (κ1) is 15.6. The van der Waals surface area contributed by atoms with Gasteiger partial charge in [-0.25, -0.2) is 0 Å². The van der Waals surface area contributed by atoms with E-state index in [2.05, 4.69) is 12.1 Å². The molecule has 3 rings (SSSR count). The van der Waals surface area contributed by atoms with E-state index in [0.717, 1.165) is 6.42 Å². The van der Waals surface area contributed by atoms with Crippen molar-refractivity contribution >= 4 is 5.91 Å². The number of likely N-dealkylation sites (N-methyl/N-ethyl adjacent to an activating group) is 1. The van der Waals surface area contributed by atoms with E-state index in [1.54, 1.807) is 24.1 Å². The summed E-state index contributed by atoms with van der Waals surface area (Å²) in [5, 5.41) is 0. The van der Waals surface area contributed by atoms with Crippen molar-refractivity contribution in [3.63, 3.8) is 0 Å². The number of rotatable bonds is 4. The standard InChI is InChI=1S/C19H21NO3/c1-20(19(21)15-8-5-9-17(11-15)22-2)12-18-10-14-6-3-4-7-16(14)13-23-18/h3-9,11,18H,10,12-13H2,1-2H3/t18-/m1/s1. The highest BCUT2D eigenvalue weighted by Crippen LogP contribution is 2.21. The van der Waals surface area contributed by atoms with Gasteiger partial charge in [0, 0.05) is 25.6 Å². The molecule has 4 heteroatoms. The fraction of sp³-hybridized carbons (Fsp3) is 0.316. The molecule has 0 aromatic heterocycles. The Morgan fingerprint density at radius 1 is 1.22 bits per heavy atom. The molecule has 0 bridgehead atoms. The van der Waals surface area contributed by atoms with Crippen LogP contribution in [-0.2, 0) is 17.8 Å². The third-order valence-electron chi connectivity index (χ3n) is 4.18. The van der Waals surface area contributed by atoms with Crippen molar-refractivity contribution in [2.45, 2.75) is 19.1 Å². The summed E-state index contributed by atoms with van der Waals surface area (Å²) in [5.41, 5.74) is 3.18. The highest BCUT2D eigenvalue weighted by atomic mass is 16.5. The van der Waals surface area contributed by atoms with Crippen molar-refractivity contribution in [2.24, 2.45) is 0 Å². The van der Waals surface area contributed by atoms with Crippen LogP contribution in [0.25, 0.3) is 0 Å². The van der Waals surface area contributed by atoms with Gasteiger partial charge in [-0.15, -0.1) is 0 Å². The van der Waals surface area contributed by atoms with Gasteiger partial charge < -0.3 is 14.4 Å². The van der Waals surface area contributed by atoms with Gasteiger partial charge >= 0.3 is 0 Å². The van der Waals surface area contributed by atoms with Crippen LogP contribution in [0.15, 0.2) is 48.5 Å². The smallest absolute Gasteiger partial charge is 0.253 e. The monoisotopic (exact) mass is 311 g/mol. The third kappa shape index (κ3) is 3.54. The molecule has 4 nitrogen and oxygen atoms in total. The Morgan fingerprint density at radius 2 is 2.00 bits per heavy atom. The zero-order valence-corrected chi connectivity index (χ0v) is 13.5. The summed E-state index contributed by atoms with van der Waals surface area (Å²) in [4.78, 5) is 14.3. The second-order valence-corrected chi connectivity index (χ2v) is 5.82. The first-order chi connectivity index (χ1) is 11.2. The van der Waals surface area contributed by atoms with Gasteiger partial charge in [0.25, 0.3) is 5.91 Å². The van der Waals surface area contributed by atoms with Crippen LogP contribution in [0.1, 0.15) is 21.5 Å². The summed E-state index contributed by atoms with van der Waals surface area (Å²) in [6.45, 7) is 1.19. The quantitative estimate of drug-likeness (QED) is 0.871. The number of fused-ring (bicyclic) bond motifs is 1. The average molecular weight is 311 g/mol. The van der Waals surface area contributed by atoms with E-state index < -0.39 is 0 Å². The lowest BCUT2D eigenvalue weighted by Crippen LogP contribution is -2.38. The molecule has 0 spiro atoms. The first-order valence-electron chi connectivity index (χ1n) is 7.75. The highest BCUT2D eigenvalue weighted by molar-refractivity contribution is 5.94. The van der Waals surface area contributed by atoms with E-state index in [0.29, 0.717) is 24.5 Å². The lowest BCUT2D eigenvalue weighted by molar-refractivity contribution is 0.00984. The minimum Gasteiger partial charge on any atom is -0.497 e. The van der Waals surface area contributed by atoms with Gasteiger partial charge in [0.15, 0.2) is 0 Å². The molecule has 1 amide bonds. The van der Waals surface area contributed by atoms with E-state index >= 15 is 0 Å². The molecule has 0 unspecified atom stereocenters. The molecule has 0 N–H and O–H groups in total. The molecule has 1 atom stereocenters. The van der Waals surface area contributed by atoms with Crippen molar-refractivity contribution in [3.8, 4) is 5.75 Å². The number of nitrogens with zero attached hydrogens (tertiary/aromatic N) is 1. The van der Waals surface area contributed by atoms with Crippen molar-refractivity contribution in [2.75, 3.05) is 20.7 Å². The van der Waals surface area contributed by atoms with E-state index in [9.17, 15) is 4.79 Å². The minimum atomic E-state index is -0.0219. The van der Waals surface area contributed by atoms with Gasteiger partial charge in [-0.3, -0.25) is 4.79 Å². The zero-order valence-electron chi connectivity index (χ0n) is 13.5. The van der Waals surface area contributed by atoms with Gasteiger partial charge in [-0.05, 0) is 29.3 Å². The van der Waals surface area contributed by atoms with E-state index in [4.69, 9.17) is 9.47 Å². The topological polar surface area (TPSA) is 38.8 Å². The van der Waals surface area contributed by atoms with Gasteiger partial charge in [-0.1, -0.05) is 30.3 Å². The molecule has 0 saturated carbocycles. The molecule has 1 aliphatic rings. The lowest BCUT2D eigenvalue weighted by Gasteiger charge is -2.29. The molecule has 0 fully saturated rings. The fourth-order valence-corrected chi connectivity index (χ4v) is 2.89. The second-order valence-electron chi connectivity index (χ2n) is 5.82. The normalized spacial score (nSPS) is 16.5. The predicted octanol–water partition coefficient (Wildman–Crippen LogP) is 2.91. The maximum absolute atomic E-state index is 12.5. The number of hydrogen-bond acceptors (Lipinski definition) is 3. The van der Waals surface area contributed by atoms with Crippen LogP contribution in [0, 0.1) is 0 Å². The molecule has 23 heavy (non-hydrogen) atoms. The Kier molecular flexibility index (Phi) is 4.63. The van der Waals surface area contributed by atoms with Gasteiger partial charge in [0.2, 0.25) is 0 Å². The fourth-order valence-electron chi connectivity index (χ4n) is 2.89. The van der Waals surface area contributed by atoms with Crippen molar-refractivity contribution in [1.29, 1.82) is 0 Å². The minimum absolute atomic E-state index is 0.0219. The van der Waals surface area contributed by atoms with Crippen LogP contribution >= 0.6 is 0 Å². The summed E-state index contributed by atoms with van der Waals surface area (Å²) in [6, 6.07) is 15.5. The molecular weight excluding hydrogens is 290 g/mol. The van der Waals surface area contributed by atoms with E-state index in [-0.39, 0.29) is 12.0 Å². The predicted molar refractivity (Wildman–Crippen MR) is 88.7 cm³/mol. The Morgan fingerprint density at radius 3 is 2.78 bits per heavy atom. The van der Waals surface area contributed by atoms with Crippen molar-refractivity contribution in [1.82, 2.24) is 4.90 Å². The summed E-state index contributed by atoms with van der Waals surface area (Å²) < 4.78 is 11.1. The number of carbonyl (C=O) groups excluding carboxylic acids is 1. The molecular formula is C19H21NO3. The van der Waals surface area contributed by atoms with Crippen LogP contribution in [0.3, 0.4) is 0 Å². The maximum Gasteiger partial charge on any atom is 0.253 e. The molecule has 1 aliphatic heterocycles. The number of benzene rings is 2. The number of hydrogen-bond donors (Lipinski definition) is 0. The summed E-state index contributed by atoms with van der Waals surface area (Å²) in [5.74, 6) is 0.665.